The first-order chi connectivity index (χ1) is 22.9. The van der Waals surface area contributed by atoms with Crippen LogP contribution in [0.1, 0.15) is 16.7 Å². The lowest BCUT2D eigenvalue weighted by molar-refractivity contribution is -0.274. The summed E-state index contributed by atoms with van der Waals surface area (Å²) in [5, 5.41) is 6.75. The number of alkyl halides is 3. The van der Waals surface area contributed by atoms with Crippen LogP contribution in [0.2, 0.25) is 0 Å². The average molecular weight is 679 g/mol. The number of ether oxygens (including phenoxy) is 1. The van der Waals surface area contributed by atoms with Crippen molar-refractivity contribution >= 4 is 40.2 Å². The molecular weight excluding hydrogens is 655 g/mol. The maximum atomic E-state index is 15.1. The van der Waals surface area contributed by atoms with Crippen LogP contribution in [0, 0.1) is 18.6 Å². The molecule has 0 unspecified atom stereocenters. The van der Waals surface area contributed by atoms with E-state index in [1.807, 2.05) is 19.1 Å². The molecular formula is C33H23F5N6O3S. The van der Waals surface area contributed by atoms with Gasteiger partial charge in [-0.05, 0) is 90.7 Å². The number of halogens is 5. The predicted octanol–water partition coefficient (Wildman–Crippen LogP) is 7.68. The Hall–Kier alpha value is -5.57. The van der Waals surface area contributed by atoms with E-state index in [1.165, 1.54) is 52.3 Å². The number of thioether (sulfide) groups is 1. The normalized spacial score (nSPS) is 14.1. The monoisotopic (exact) mass is 678 g/mol. The average Bonchev–Trinajstić information content (AvgIpc) is 3.66. The first-order valence-corrected chi connectivity index (χ1v) is 15.2. The molecule has 1 aliphatic rings. The second-order valence-corrected chi connectivity index (χ2v) is 11.5. The molecule has 0 atom stereocenters. The van der Waals surface area contributed by atoms with Gasteiger partial charge in [0.05, 0.1) is 22.8 Å². The highest BCUT2D eigenvalue weighted by Crippen LogP contribution is 2.32. The van der Waals surface area contributed by atoms with Crippen molar-refractivity contribution in [1.29, 1.82) is 0 Å². The molecule has 244 valence electrons. The maximum absolute atomic E-state index is 15.1. The summed E-state index contributed by atoms with van der Waals surface area (Å²) in [4.78, 5) is 35.5. The number of urea groups is 1. The highest BCUT2D eigenvalue weighted by molar-refractivity contribution is 8.15. The molecule has 2 heterocycles. The van der Waals surface area contributed by atoms with Crippen molar-refractivity contribution in [1.82, 2.24) is 14.8 Å². The summed E-state index contributed by atoms with van der Waals surface area (Å²) >= 11 is 1.06. The van der Waals surface area contributed by atoms with Crippen LogP contribution in [-0.2, 0) is 11.2 Å². The number of aromatic nitrogens is 3. The zero-order valence-electron chi connectivity index (χ0n) is 24.8. The Kier molecular flexibility index (Phi) is 8.95. The fourth-order valence-corrected chi connectivity index (χ4v) is 5.74. The third kappa shape index (κ3) is 7.52. The molecule has 1 saturated heterocycles. The van der Waals surface area contributed by atoms with Gasteiger partial charge in [-0.2, -0.15) is 4.99 Å². The zero-order valence-corrected chi connectivity index (χ0v) is 25.6. The van der Waals surface area contributed by atoms with Gasteiger partial charge in [0.1, 0.15) is 23.7 Å². The van der Waals surface area contributed by atoms with Crippen molar-refractivity contribution in [3.8, 4) is 22.8 Å². The van der Waals surface area contributed by atoms with E-state index in [9.17, 15) is 27.2 Å². The number of anilines is 2. The van der Waals surface area contributed by atoms with Crippen LogP contribution in [-0.4, -0.2) is 44.0 Å². The molecule has 1 aliphatic heterocycles. The largest absolute Gasteiger partial charge is 0.573 e. The highest BCUT2D eigenvalue weighted by Gasteiger charge is 2.33. The molecule has 1 fully saturated rings. The first-order valence-electron chi connectivity index (χ1n) is 14.2. The fourth-order valence-electron chi connectivity index (χ4n) is 4.89. The van der Waals surface area contributed by atoms with Gasteiger partial charge < -0.3 is 10.1 Å². The molecule has 9 nitrogen and oxygen atoms in total. The number of rotatable bonds is 7. The van der Waals surface area contributed by atoms with E-state index in [2.05, 4.69) is 25.1 Å². The van der Waals surface area contributed by atoms with Gasteiger partial charge in [0.2, 0.25) is 5.91 Å². The Morgan fingerprint density at radius 2 is 1.81 bits per heavy atom. The van der Waals surface area contributed by atoms with Crippen LogP contribution >= 0.6 is 11.8 Å². The number of carbonyl (C=O) groups excluding carboxylic acids is 2. The van der Waals surface area contributed by atoms with E-state index in [0.29, 0.717) is 23.4 Å². The van der Waals surface area contributed by atoms with Gasteiger partial charge in [-0.15, -0.1) is 18.3 Å². The number of carbonyl (C=O) groups is 2. The van der Waals surface area contributed by atoms with Gasteiger partial charge >= 0.3 is 12.4 Å². The van der Waals surface area contributed by atoms with Crippen molar-refractivity contribution < 1.29 is 36.3 Å². The number of aliphatic imine (C=N–C) groups is 1. The standard InChI is InChI=1S/C33H23F5N6O3S/c1-19-5-6-21(14-20-3-2-4-23(34)15-20)28(13-19)44-29(45)17-48-32(44)41-31(46)40-27-12-7-22(16-26(27)35)30-39-18-43(42-30)24-8-10-25(11-9-24)47-33(36,37)38/h2-13,15-16,18H,14,17H2,1H3,(H,40,46)/b41-32-. The molecule has 5 aromatic rings. The Morgan fingerprint density at radius 3 is 2.54 bits per heavy atom. The number of nitrogens with zero attached hydrogens (tertiary/aromatic N) is 5. The number of amidine groups is 1. The van der Waals surface area contributed by atoms with Crippen molar-refractivity contribution in [2.24, 2.45) is 4.99 Å². The highest BCUT2D eigenvalue weighted by atomic mass is 32.2. The van der Waals surface area contributed by atoms with Crippen molar-refractivity contribution in [2.75, 3.05) is 16.0 Å². The second kappa shape index (κ2) is 13.3. The number of benzene rings is 4. The van der Waals surface area contributed by atoms with Crippen LogP contribution in [0.3, 0.4) is 0 Å². The van der Waals surface area contributed by atoms with Crippen LogP contribution in [0.5, 0.6) is 5.75 Å². The van der Waals surface area contributed by atoms with Gasteiger partial charge in [0.15, 0.2) is 11.0 Å². The fraction of sp³-hybridized carbons (Fsp3) is 0.121. The van der Waals surface area contributed by atoms with Crippen LogP contribution in [0.4, 0.5) is 38.1 Å². The number of aryl methyl sites for hydroxylation is 1. The zero-order chi connectivity index (χ0) is 34.0. The number of hydrogen-bond donors (Lipinski definition) is 1. The lowest BCUT2D eigenvalue weighted by Crippen LogP contribution is -2.31. The molecule has 0 saturated carbocycles. The molecule has 1 N–H and O–H groups in total. The maximum Gasteiger partial charge on any atom is 0.573 e. The van der Waals surface area contributed by atoms with Gasteiger partial charge in [-0.1, -0.05) is 36.0 Å². The number of nitrogens with one attached hydrogen (secondary N) is 1. The van der Waals surface area contributed by atoms with Gasteiger partial charge in [-0.3, -0.25) is 9.69 Å². The van der Waals surface area contributed by atoms with Gasteiger partial charge in [-0.25, -0.2) is 23.2 Å². The summed E-state index contributed by atoms with van der Waals surface area (Å²) in [6, 6.07) is 19.5. The van der Waals surface area contributed by atoms with E-state index in [-0.39, 0.29) is 39.7 Å². The first kappa shape index (κ1) is 32.4. The number of amides is 3. The molecule has 48 heavy (non-hydrogen) atoms. The Morgan fingerprint density at radius 1 is 1.02 bits per heavy atom. The smallest absolute Gasteiger partial charge is 0.406 e. The third-order valence-corrected chi connectivity index (χ3v) is 7.95. The summed E-state index contributed by atoms with van der Waals surface area (Å²) in [7, 11) is 0. The van der Waals surface area contributed by atoms with Gasteiger partial charge in [0.25, 0.3) is 0 Å². The van der Waals surface area contributed by atoms with E-state index < -0.39 is 24.0 Å². The summed E-state index contributed by atoms with van der Waals surface area (Å²) in [6.07, 6.45) is -3.19. The molecule has 0 spiro atoms. The lowest BCUT2D eigenvalue weighted by Gasteiger charge is -2.20. The van der Waals surface area contributed by atoms with Crippen LogP contribution in [0.15, 0.2) is 96.2 Å². The van der Waals surface area contributed by atoms with Crippen LogP contribution < -0.4 is 15.0 Å². The van der Waals surface area contributed by atoms with Crippen molar-refractivity contribution in [3.63, 3.8) is 0 Å². The van der Waals surface area contributed by atoms with E-state index in [4.69, 9.17) is 0 Å². The van der Waals surface area contributed by atoms with Crippen molar-refractivity contribution in [3.05, 3.63) is 120 Å². The molecule has 6 rings (SSSR count). The molecule has 3 amide bonds. The summed E-state index contributed by atoms with van der Waals surface area (Å²) in [5.41, 5.74) is 3.25. The molecule has 0 radical (unpaired) electrons. The van der Waals surface area contributed by atoms with E-state index >= 15 is 4.39 Å². The molecule has 1 aromatic heterocycles. The molecule has 0 bridgehead atoms. The molecule has 15 heteroatoms. The third-order valence-electron chi connectivity index (χ3n) is 7.02. The Labute approximate surface area is 274 Å². The summed E-state index contributed by atoms with van der Waals surface area (Å²) < 4.78 is 71.4. The SMILES string of the molecule is Cc1ccc(Cc2cccc(F)c2)c(N2C(=O)CS/C2=N\C(=O)Nc2ccc(-c3ncn(-c4ccc(OC(F)(F)F)cc4)n3)cc2F)c1. The molecule has 4 aromatic carbocycles. The predicted molar refractivity (Wildman–Crippen MR) is 170 cm³/mol. The second-order valence-electron chi connectivity index (χ2n) is 10.5. The minimum absolute atomic E-state index is 0.0354. The van der Waals surface area contributed by atoms with Gasteiger partial charge in [0, 0.05) is 5.56 Å². The summed E-state index contributed by atoms with van der Waals surface area (Å²) in [5.74, 6) is -1.74. The Bertz CT molecular complexity index is 2050. The van der Waals surface area contributed by atoms with E-state index in [1.54, 1.807) is 18.2 Å². The quantitative estimate of drug-likeness (QED) is 0.177. The van der Waals surface area contributed by atoms with E-state index in [0.717, 1.165) is 41.1 Å². The van der Waals surface area contributed by atoms with Crippen molar-refractivity contribution in [2.45, 2.75) is 19.7 Å². The minimum Gasteiger partial charge on any atom is -0.406 e. The topological polar surface area (TPSA) is 102 Å². The summed E-state index contributed by atoms with van der Waals surface area (Å²) in [6.45, 7) is 1.85. The lowest BCUT2D eigenvalue weighted by atomic mass is 10.0. The minimum atomic E-state index is -4.82. The van der Waals surface area contributed by atoms with Crippen LogP contribution in [0.25, 0.3) is 17.1 Å². The Balaban J connectivity index is 1.17. The molecule has 0 aliphatic carbocycles. The number of hydrogen-bond acceptors (Lipinski definition) is 6.